The largest absolute Gasteiger partial charge is 0.394 e. The van der Waals surface area contributed by atoms with Crippen molar-refractivity contribution in [3.8, 4) is 0 Å². The zero-order chi connectivity index (χ0) is 37.8. The summed E-state index contributed by atoms with van der Waals surface area (Å²) in [4.78, 5) is 12.4. The van der Waals surface area contributed by atoms with E-state index in [1.807, 2.05) is 6.08 Å². The molecule has 0 bridgehead atoms. The van der Waals surface area contributed by atoms with Gasteiger partial charge >= 0.3 is 0 Å². The van der Waals surface area contributed by atoms with E-state index in [2.05, 4.69) is 43.5 Å². The van der Waals surface area contributed by atoms with Crippen LogP contribution in [0.1, 0.15) is 245 Å². The highest BCUT2D eigenvalue weighted by atomic mass is 16.3. The van der Waals surface area contributed by atoms with Gasteiger partial charge in [-0.1, -0.05) is 217 Å². The minimum atomic E-state index is -0.864. The number of hydrogen-bond acceptors (Lipinski definition) is 3. The lowest BCUT2D eigenvalue weighted by Gasteiger charge is -2.19. The maximum Gasteiger partial charge on any atom is 0.220 e. The lowest BCUT2D eigenvalue weighted by atomic mass is 10.0. The van der Waals surface area contributed by atoms with Crippen molar-refractivity contribution in [3.63, 3.8) is 0 Å². The molecule has 0 aromatic heterocycles. The van der Waals surface area contributed by atoms with Gasteiger partial charge in [0, 0.05) is 6.42 Å². The lowest BCUT2D eigenvalue weighted by molar-refractivity contribution is -0.123. The molecule has 0 radical (unpaired) electrons. The second-order valence-corrected chi connectivity index (χ2v) is 15.8. The summed E-state index contributed by atoms with van der Waals surface area (Å²) in [6.07, 6.45) is 58.3. The molecule has 0 spiro atoms. The highest BCUT2D eigenvalue weighted by Crippen LogP contribution is 2.15. The predicted octanol–water partition coefficient (Wildman–Crippen LogP) is 14.6. The molecule has 0 aromatic rings. The molecule has 306 valence electrons. The minimum absolute atomic E-state index is 0.0806. The van der Waals surface area contributed by atoms with Gasteiger partial charge in [0.25, 0.3) is 0 Å². The smallest absolute Gasteiger partial charge is 0.220 e. The summed E-state index contributed by atoms with van der Waals surface area (Å²) in [5.41, 5.74) is 0. The lowest BCUT2D eigenvalue weighted by Crippen LogP contribution is -2.45. The SMILES string of the molecule is CCCCCCCCCCC/C=C\CCCCCCCC(=O)NC(CO)C(O)/C=C/CC/C=C/CCCCCCCCCCCCCCCCCC. The van der Waals surface area contributed by atoms with Gasteiger partial charge in [0.15, 0.2) is 0 Å². The van der Waals surface area contributed by atoms with Gasteiger partial charge in [-0.2, -0.15) is 0 Å². The van der Waals surface area contributed by atoms with Crippen molar-refractivity contribution in [1.82, 2.24) is 5.32 Å². The molecule has 3 N–H and O–H groups in total. The number of carbonyl (C=O) groups is 1. The Kier molecular flexibility index (Phi) is 42.8. The number of hydrogen-bond donors (Lipinski definition) is 3. The average molecular weight is 730 g/mol. The summed E-state index contributed by atoms with van der Waals surface area (Å²) in [6.45, 7) is 4.31. The second kappa shape index (κ2) is 44.0. The molecule has 4 heteroatoms. The molecule has 0 aliphatic heterocycles. The first-order valence-corrected chi connectivity index (χ1v) is 23.2. The molecule has 4 nitrogen and oxygen atoms in total. The number of nitrogens with one attached hydrogen (secondary N) is 1. The average Bonchev–Trinajstić information content (AvgIpc) is 3.15. The van der Waals surface area contributed by atoms with Crippen LogP contribution in [-0.4, -0.2) is 34.9 Å². The van der Waals surface area contributed by atoms with Gasteiger partial charge in [-0.05, 0) is 57.8 Å². The number of carbonyl (C=O) groups excluding carboxylic acids is 1. The van der Waals surface area contributed by atoms with Crippen molar-refractivity contribution in [2.24, 2.45) is 0 Å². The van der Waals surface area contributed by atoms with Gasteiger partial charge in [-0.3, -0.25) is 4.79 Å². The quantitative estimate of drug-likeness (QED) is 0.0433. The Morgan fingerprint density at radius 3 is 1.12 bits per heavy atom. The van der Waals surface area contributed by atoms with Crippen LogP contribution in [0.5, 0.6) is 0 Å². The molecule has 0 heterocycles. The number of aliphatic hydroxyl groups excluding tert-OH is 2. The van der Waals surface area contributed by atoms with Crippen LogP contribution < -0.4 is 5.32 Å². The normalized spacial score (nSPS) is 13.2. The van der Waals surface area contributed by atoms with Crippen molar-refractivity contribution in [1.29, 1.82) is 0 Å². The summed E-state index contributed by atoms with van der Waals surface area (Å²) >= 11 is 0. The third-order valence-corrected chi connectivity index (χ3v) is 10.6. The van der Waals surface area contributed by atoms with Crippen LogP contribution in [0.3, 0.4) is 0 Å². The third-order valence-electron chi connectivity index (χ3n) is 10.6. The fourth-order valence-corrected chi connectivity index (χ4v) is 7.01. The number of rotatable bonds is 42. The first-order valence-electron chi connectivity index (χ1n) is 23.2. The van der Waals surface area contributed by atoms with Crippen molar-refractivity contribution in [2.45, 2.75) is 257 Å². The fraction of sp³-hybridized carbons (Fsp3) is 0.854. The van der Waals surface area contributed by atoms with E-state index < -0.39 is 12.1 Å². The van der Waals surface area contributed by atoms with Gasteiger partial charge in [-0.25, -0.2) is 0 Å². The Bertz CT molecular complexity index is 790. The van der Waals surface area contributed by atoms with Crippen LogP contribution in [0.15, 0.2) is 36.5 Å². The number of allylic oxidation sites excluding steroid dienone is 5. The Hall–Kier alpha value is -1.39. The Labute approximate surface area is 325 Å². The van der Waals surface area contributed by atoms with Crippen LogP contribution >= 0.6 is 0 Å². The van der Waals surface area contributed by atoms with Crippen LogP contribution in [0.4, 0.5) is 0 Å². The molecule has 0 aromatic carbocycles. The standard InChI is InChI=1S/C48H91NO3/c1-3-5-7-9-11-13-15-17-19-21-23-24-25-26-27-29-31-33-35-37-39-41-43-47(51)46(45-50)49-48(52)44-42-40-38-36-34-32-30-28-22-20-18-16-14-12-10-8-6-4-2/h28,30,33,35,41,43,46-47,50-51H,3-27,29,31-32,34,36-40,42,44-45H2,1-2H3,(H,49,52)/b30-28-,35-33+,43-41+. The maximum absolute atomic E-state index is 12.4. The van der Waals surface area contributed by atoms with Crippen molar-refractivity contribution < 1.29 is 15.0 Å². The first-order chi connectivity index (χ1) is 25.7. The topological polar surface area (TPSA) is 69.6 Å². The third kappa shape index (κ3) is 39.8. The van der Waals surface area contributed by atoms with Crippen LogP contribution in [0.2, 0.25) is 0 Å². The van der Waals surface area contributed by atoms with E-state index in [0.29, 0.717) is 6.42 Å². The van der Waals surface area contributed by atoms with Gasteiger partial charge in [0.1, 0.15) is 0 Å². The molecule has 0 fully saturated rings. The first kappa shape index (κ1) is 50.6. The van der Waals surface area contributed by atoms with E-state index in [1.165, 1.54) is 180 Å². The maximum atomic E-state index is 12.4. The minimum Gasteiger partial charge on any atom is -0.394 e. The van der Waals surface area contributed by atoms with Crippen molar-refractivity contribution >= 4 is 5.91 Å². The fourth-order valence-electron chi connectivity index (χ4n) is 7.01. The predicted molar refractivity (Wildman–Crippen MR) is 230 cm³/mol. The number of unbranched alkanes of at least 4 members (excludes halogenated alkanes) is 31. The van der Waals surface area contributed by atoms with Gasteiger partial charge in [0.2, 0.25) is 5.91 Å². The summed E-state index contributed by atoms with van der Waals surface area (Å²) < 4.78 is 0. The van der Waals surface area contributed by atoms with E-state index in [9.17, 15) is 15.0 Å². The molecule has 0 saturated heterocycles. The highest BCUT2D eigenvalue weighted by Gasteiger charge is 2.17. The molecule has 0 aliphatic carbocycles. The summed E-state index contributed by atoms with van der Waals surface area (Å²) in [5.74, 6) is -0.0806. The summed E-state index contributed by atoms with van der Waals surface area (Å²) in [7, 11) is 0. The number of amides is 1. The van der Waals surface area contributed by atoms with E-state index in [1.54, 1.807) is 6.08 Å². The Balaban J connectivity index is 3.60. The summed E-state index contributed by atoms with van der Waals surface area (Å²) in [6, 6.07) is -0.642. The molecular formula is C48H91NO3. The number of aliphatic hydroxyl groups is 2. The molecule has 0 rings (SSSR count). The van der Waals surface area contributed by atoms with Crippen LogP contribution in [-0.2, 0) is 4.79 Å². The van der Waals surface area contributed by atoms with Crippen LogP contribution in [0.25, 0.3) is 0 Å². The zero-order valence-electron chi connectivity index (χ0n) is 35.1. The molecule has 2 unspecified atom stereocenters. The second-order valence-electron chi connectivity index (χ2n) is 15.8. The van der Waals surface area contributed by atoms with Crippen molar-refractivity contribution in [2.75, 3.05) is 6.61 Å². The van der Waals surface area contributed by atoms with Gasteiger partial charge in [0.05, 0.1) is 18.8 Å². The molecule has 52 heavy (non-hydrogen) atoms. The Morgan fingerprint density at radius 1 is 0.442 bits per heavy atom. The van der Waals surface area contributed by atoms with Crippen molar-refractivity contribution in [3.05, 3.63) is 36.5 Å². The van der Waals surface area contributed by atoms with E-state index in [4.69, 9.17) is 0 Å². The molecule has 0 saturated carbocycles. The van der Waals surface area contributed by atoms with E-state index in [-0.39, 0.29) is 12.5 Å². The van der Waals surface area contributed by atoms with E-state index in [0.717, 1.165) is 44.9 Å². The highest BCUT2D eigenvalue weighted by molar-refractivity contribution is 5.76. The molecule has 0 aliphatic rings. The van der Waals surface area contributed by atoms with Crippen LogP contribution in [0, 0.1) is 0 Å². The zero-order valence-corrected chi connectivity index (χ0v) is 35.1. The van der Waals surface area contributed by atoms with E-state index >= 15 is 0 Å². The molecular weight excluding hydrogens is 639 g/mol. The summed E-state index contributed by atoms with van der Waals surface area (Å²) in [5, 5.41) is 23.0. The molecule has 1 amide bonds. The monoisotopic (exact) mass is 730 g/mol. The molecule has 2 atom stereocenters. The van der Waals surface area contributed by atoms with Gasteiger partial charge < -0.3 is 15.5 Å². The Morgan fingerprint density at radius 2 is 0.750 bits per heavy atom. The van der Waals surface area contributed by atoms with Gasteiger partial charge in [-0.15, -0.1) is 0 Å².